The molecule has 2 heterocycles. The zero-order valence-corrected chi connectivity index (χ0v) is 20.6. The first-order valence-electron chi connectivity index (χ1n) is 10.9. The van der Waals surface area contributed by atoms with Gasteiger partial charge in [0.05, 0.1) is 5.56 Å². The van der Waals surface area contributed by atoms with Crippen LogP contribution in [-0.4, -0.2) is 34.2 Å². The van der Waals surface area contributed by atoms with Crippen LogP contribution in [0.3, 0.4) is 0 Å². The Bertz CT molecular complexity index is 1220. The van der Waals surface area contributed by atoms with Gasteiger partial charge in [0.2, 0.25) is 0 Å². The van der Waals surface area contributed by atoms with Crippen molar-refractivity contribution in [2.75, 3.05) is 11.9 Å². The quantitative estimate of drug-likeness (QED) is 0.369. The Balaban J connectivity index is 1.87. The molecule has 0 radical (unpaired) electrons. The first-order chi connectivity index (χ1) is 16.9. The van der Waals surface area contributed by atoms with Crippen LogP contribution in [0.25, 0.3) is 11.1 Å². The van der Waals surface area contributed by atoms with E-state index >= 15 is 0 Å². The van der Waals surface area contributed by atoms with Crippen LogP contribution in [0.2, 0.25) is 0 Å². The summed E-state index contributed by atoms with van der Waals surface area (Å²) in [6, 6.07) is 6.59. The second-order valence-electron chi connectivity index (χ2n) is 8.69. The number of nitrogens with one attached hydrogen (secondary N) is 1. The summed E-state index contributed by atoms with van der Waals surface area (Å²) in [7, 11) is 0. The Labute approximate surface area is 209 Å². The molecule has 192 valence electrons. The molecule has 3 N–H and O–H groups in total. The maximum absolute atomic E-state index is 13.9. The van der Waals surface area contributed by atoms with E-state index in [1.807, 2.05) is 13.8 Å². The number of carbonyl (C=O) groups is 2. The van der Waals surface area contributed by atoms with Crippen LogP contribution in [0, 0.1) is 5.92 Å². The second-order valence-corrected chi connectivity index (χ2v) is 9.58. The van der Waals surface area contributed by atoms with Gasteiger partial charge in [0.1, 0.15) is 23.8 Å². The van der Waals surface area contributed by atoms with Crippen molar-refractivity contribution >= 4 is 29.2 Å². The molecule has 1 aromatic carbocycles. The zero-order chi connectivity index (χ0) is 26.5. The van der Waals surface area contributed by atoms with Crippen molar-refractivity contribution in [1.29, 1.82) is 0 Å². The summed E-state index contributed by atoms with van der Waals surface area (Å²) in [6.07, 6.45) is -2.56. The van der Waals surface area contributed by atoms with Gasteiger partial charge in [0.25, 0.3) is 5.91 Å². The molecular weight excluding hydrogens is 497 g/mol. The molecule has 0 fully saturated rings. The number of carbonyl (C=O) groups excluding carboxylic acids is 2. The Morgan fingerprint density at radius 3 is 2.44 bits per heavy atom. The number of hydrogen-bond donors (Lipinski definition) is 2. The van der Waals surface area contributed by atoms with Gasteiger partial charge in [-0.1, -0.05) is 19.9 Å². The molecule has 0 spiro atoms. The summed E-state index contributed by atoms with van der Waals surface area (Å²) in [5.41, 5.74) is 3.57. The van der Waals surface area contributed by atoms with Crippen molar-refractivity contribution in [1.82, 2.24) is 9.97 Å². The molecule has 0 saturated carbocycles. The van der Waals surface area contributed by atoms with Crippen LogP contribution in [0.4, 0.5) is 23.8 Å². The minimum absolute atomic E-state index is 0.0689. The number of amides is 2. The lowest BCUT2D eigenvalue weighted by Crippen LogP contribution is -2.41. The smallest absolute Gasteiger partial charge is 0.419 e. The van der Waals surface area contributed by atoms with E-state index in [-0.39, 0.29) is 28.9 Å². The summed E-state index contributed by atoms with van der Waals surface area (Å²) >= 11 is 1.15. The van der Waals surface area contributed by atoms with E-state index in [0.717, 1.165) is 17.4 Å². The number of halogens is 3. The number of ether oxygens (including phenoxy) is 2. The van der Waals surface area contributed by atoms with Crippen molar-refractivity contribution in [3.8, 4) is 16.9 Å². The van der Waals surface area contributed by atoms with Gasteiger partial charge < -0.3 is 20.5 Å². The molecule has 8 nitrogen and oxygen atoms in total. The highest BCUT2D eigenvalue weighted by atomic mass is 32.1. The first kappa shape index (κ1) is 26.9. The van der Waals surface area contributed by atoms with Crippen molar-refractivity contribution in [3.63, 3.8) is 0 Å². The van der Waals surface area contributed by atoms with Gasteiger partial charge in [-0.2, -0.15) is 13.2 Å². The van der Waals surface area contributed by atoms with E-state index in [4.69, 9.17) is 15.2 Å². The van der Waals surface area contributed by atoms with E-state index in [9.17, 15) is 22.8 Å². The van der Waals surface area contributed by atoms with Crippen LogP contribution < -0.4 is 15.8 Å². The van der Waals surface area contributed by atoms with E-state index in [0.29, 0.717) is 12.0 Å². The number of rotatable bonds is 9. The molecule has 1 atom stereocenters. The van der Waals surface area contributed by atoms with Crippen LogP contribution in [0.5, 0.6) is 5.75 Å². The number of pyridine rings is 1. The second kappa shape index (κ2) is 10.9. The molecule has 0 aliphatic rings. The fourth-order valence-corrected chi connectivity index (χ4v) is 4.24. The topological polar surface area (TPSA) is 116 Å². The molecule has 3 aromatic rings. The SMILES string of the molecule is CC(C)CC(C)(COc1ccc(-c2ccnc(NC(=O)c3nccs3)c2)cc1C(F)(F)F)OC(N)=O. The molecule has 0 saturated heterocycles. The predicted molar refractivity (Wildman–Crippen MR) is 129 cm³/mol. The molecule has 3 rings (SSSR count). The number of aromatic nitrogens is 2. The van der Waals surface area contributed by atoms with Crippen LogP contribution in [0.1, 0.15) is 42.6 Å². The molecule has 2 aromatic heterocycles. The average Bonchev–Trinajstić information content (AvgIpc) is 3.31. The minimum atomic E-state index is -4.72. The van der Waals surface area contributed by atoms with E-state index in [1.165, 1.54) is 36.7 Å². The normalized spacial score (nSPS) is 13.2. The molecular formula is C24H25F3N4O4S. The lowest BCUT2D eigenvalue weighted by atomic mass is 9.95. The molecule has 1 unspecified atom stereocenters. The van der Waals surface area contributed by atoms with Gasteiger partial charge in [-0.25, -0.2) is 14.8 Å². The lowest BCUT2D eigenvalue weighted by Gasteiger charge is -2.30. The maximum Gasteiger partial charge on any atom is 0.419 e. The Morgan fingerprint density at radius 1 is 1.11 bits per heavy atom. The van der Waals surface area contributed by atoms with Crippen LogP contribution in [-0.2, 0) is 10.9 Å². The number of thiazole rings is 1. The van der Waals surface area contributed by atoms with Gasteiger partial charge in [-0.3, -0.25) is 4.79 Å². The number of benzene rings is 1. The molecule has 2 amide bonds. The van der Waals surface area contributed by atoms with Crippen molar-refractivity contribution < 1.29 is 32.2 Å². The third kappa shape index (κ3) is 7.17. The van der Waals surface area contributed by atoms with E-state index in [2.05, 4.69) is 15.3 Å². The summed E-state index contributed by atoms with van der Waals surface area (Å²) in [5, 5.41) is 4.45. The summed E-state index contributed by atoms with van der Waals surface area (Å²) in [4.78, 5) is 31.5. The maximum atomic E-state index is 13.9. The number of anilines is 1. The van der Waals surface area contributed by atoms with Gasteiger partial charge in [0.15, 0.2) is 5.01 Å². The number of alkyl halides is 3. The first-order valence-corrected chi connectivity index (χ1v) is 11.7. The highest BCUT2D eigenvalue weighted by Crippen LogP contribution is 2.39. The third-order valence-electron chi connectivity index (χ3n) is 4.97. The van der Waals surface area contributed by atoms with E-state index < -0.39 is 35.1 Å². The molecule has 0 bridgehead atoms. The number of nitrogens with two attached hydrogens (primary N) is 1. The van der Waals surface area contributed by atoms with E-state index in [1.54, 1.807) is 12.3 Å². The zero-order valence-electron chi connectivity index (χ0n) is 19.8. The molecule has 0 aliphatic carbocycles. The monoisotopic (exact) mass is 522 g/mol. The van der Waals surface area contributed by atoms with Gasteiger partial charge in [-0.05, 0) is 54.7 Å². The molecule has 12 heteroatoms. The highest BCUT2D eigenvalue weighted by Gasteiger charge is 2.36. The average molecular weight is 523 g/mol. The van der Waals surface area contributed by atoms with Crippen molar-refractivity contribution in [3.05, 3.63) is 58.7 Å². The molecule has 0 aliphatic heterocycles. The fourth-order valence-electron chi connectivity index (χ4n) is 3.71. The minimum Gasteiger partial charge on any atom is -0.489 e. The molecule has 36 heavy (non-hydrogen) atoms. The number of primary amides is 1. The lowest BCUT2D eigenvalue weighted by molar-refractivity contribution is -0.139. The van der Waals surface area contributed by atoms with Crippen molar-refractivity contribution in [2.45, 2.75) is 39.0 Å². The van der Waals surface area contributed by atoms with Gasteiger partial charge in [-0.15, -0.1) is 11.3 Å². The highest BCUT2D eigenvalue weighted by molar-refractivity contribution is 7.11. The van der Waals surface area contributed by atoms with Crippen molar-refractivity contribution in [2.24, 2.45) is 11.7 Å². The third-order valence-corrected chi connectivity index (χ3v) is 5.74. The van der Waals surface area contributed by atoms with Crippen LogP contribution in [0.15, 0.2) is 48.1 Å². The summed E-state index contributed by atoms with van der Waals surface area (Å²) in [5.74, 6) is -0.660. The Kier molecular flexibility index (Phi) is 8.18. The standard InChI is InChI=1S/C24H25F3N4O4S/c1-14(2)12-23(3,35-22(28)33)13-34-18-5-4-15(10-17(18)24(25,26)27)16-6-7-29-19(11-16)31-20(32)21-30-8-9-36-21/h4-11,14H,12-13H2,1-3H3,(H2,28,33)(H,29,31,32). The summed E-state index contributed by atoms with van der Waals surface area (Å²) < 4.78 is 52.5. The van der Waals surface area contributed by atoms with Crippen LogP contribution >= 0.6 is 11.3 Å². The largest absolute Gasteiger partial charge is 0.489 e. The van der Waals surface area contributed by atoms with Gasteiger partial charge in [0, 0.05) is 17.8 Å². The Hall–Kier alpha value is -3.67. The fraction of sp³-hybridized carbons (Fsp3) is 0.333. The summed E-state index contributed by atoms with van der Waals surface area (Å²) in [6.45, 7) is 4.98. The predicted octanol–water partition coefficient (Wildman–Crippen LogP) is 5.76. The number of nitrogens with zero attached hydrogens (tertiary/aromatic N) is 2. The number of hydrogen-bond acceptors (Lipinski definition) is 7. The Morgan fingerprint density at radius 2 is 1.83 bits per heavy atom. The van der Waals surface area contributed by atoms with Gasteiger partial charge >= 0.3 is 12.3 Å².